The lowest BCUT2D eigenvalue weighted by Gasteiger charge is -2.14. The van der Waals surface area contributed by atoms with Crippen molar-refractivity contribution in [3.8, 4) is 11.5 Å². The number of carbonyl (C=O) groups is 1. The number of nitrogens with one attached hydrogen (secondary N) is 4. The number of anilines is 4. The molecule has 8 N–H and O–H groups in total. The lowest BCUT2D eigenvalue weighted by Crippen LogP contribution is -2.20. The van der Waals surface area contributed by atoms with E-state index in [1.807, 2.05) is 0 Å². The lowest BCUT2D eigenvalue weighted by atomic mass is 10.1. The Balaban J connectivity index is 1.18. The molecule has 0 unspecified atom stereocenters. The average Bonchev–Trinajstić information content (AvgIpc) is 3.10. The van der Waals surface area contributed by atoms with Gasteiger partial charge in [0.25, 0.3) is 40.3 Å². The van der Waals surface area contributed by atoms with Crippen LogP contribution in [0.15, 0.2) is 129 Å². The van der Waals surface area contributed by atoms with Crippen molar-refractivity contribution in [3.63, 3.8) is 0 Å². The molecule has 0 aliphatic carbocycles. The molecule has 6 aromatic rings. The number of aromatic hydroxyl groups is 2. The molecule has 0 atom stereocenters. The second-order valence-electron chi connectivity index (χ2n) is 11.5. The zero-order valence-electron chi connectivity index (χ0n) is 27.0. The summed E-state index contributed by atoms with van der Waals surface area (Å²) in [5.74, 6) is -0.750. The third-order valence-corrected chi connectivity index (χ3v) is 12.2. The molecule has 0 spiro atoms. The highest BCUT2D eigenvalue weighted by molar-refractivity contribution is 7.93. The van der Waals surface area contributed by atoms with Gasteiger partial charge in [-0.2, -0.15) is 16.8 Å². The molecule has 0 saturated heterocycles. The van der Waals surface area contributed by atoms with E-state index in [0.717, 1.165) is 48.5 Å². The summed E-state index contributed by atoms with van der Waals surface area (Å²) >= 11 is 0. The minimum Gasteiger partial charge on any atom is -0.507 e. The molecule has 2 amide bonds. The molecule has 54 heavy (non-hydrogen) atoms. The van der Waals surface area contributed by atoms with Crippen molar-refractivity contribution in [1.29, 1.82) is 0 Å². The van der Waals surface area contributed by atoms with Crippen LogP contribution in [0, 0.1) is 0 Å². The third kappa shape index (κ3) is 8.00. The molecule has 0 aliphatic rings. The van der Waals surface area contributed by atoms with Gasteiger partial charge in [-0.15, -0.1) is 0 Å². The smallest absolute Gasteiger partial charge is 0.323 e. The third-order valence-electron chi connectivity index (χ3n) is 7.82. The van der Waals surface area contributed by atoms with Crippen LogP contribution in [0.3, 0.4) is 0 Å². The van der Waals surface area contributed by atoms with Gasteiger partial charge >= 0.3 is 6.03 Å². The maximum Gasteiger partial charge on any atom is 0.323 e. The number of urea groups is 1. The molecule has 280 valence electrons. The number of phenols is 2. The number of benzene rings is 6. The van der Waals surface area contributed by atoms with Gasteiger partial charge in [0.1, 0.15) is 11.5 Å². The lowest BCUT2D eigenvalue weighted by molar-refractivity contribution is 0.262. The Morgan fingerprint density at radius 2 is 0.833 bits per heavy atom. The van der Waals surface area contributed by atoms with Crippen molar-refractivity contribution in [3.05, 3.63) is 109 Å². The average molecular weight is 815 g/mol. The molecule has 0 fully saturated rings. The number of fused-ring (bicyclic) bond motifs is 2. The predicted molar refractivity (Wildman–Crippen MR) is 198 cm³/mol. The zero-order chi connectivity index (χ0) is 39.2. The highest BCUT2D eigenvalue weighted by atomic mass is 32.2. The summed E-state index contributed by atoms with van der Waals surface area (Å²) in [6, 6.07) is 20.5. The summed E-state index contributed by atoms with van der Waals surface area (Å²) in [7, 11) is -17.9. The molecule has 0 aliphatic heterocycles. The Morgan fingerprint density at radius 1 is 0.444 bits per heavy atom. The Hall–Kier alpha value is -5.97. The molecule has 0 radical (unpaired) electrons. The number of rotatable bonds is 10. The van der Waals surface area contributed by atoms with Gasteiger partial charge in [0.05, 0.1) is 31.0 Å². The van der Waals surface area contributed by atoms with E-state index in [1.54, 1.807) is 0 Å². The summed E-state index contributed by atoms with van der Waals surface area (Å²) in [5.41, 5.74) is -0.0268. The Labute approximate surface area is 307 Å². The summed E-state index contributed by atoms with van der Waals surface area (Å²) in [6.45, 7) is 0. The standard InChI is InChI=1S/C33H26N4O13S4/c38-31-13-11-29(25-9-7-23(17-27(25)31)53(45,46)47)36-51(41,42)21-5-1-3-19(15-21)34-33(40)35-20-4-2-6-22(16-20)52(43,44)37-30-12-14-32(39)28-18-24(54(48,49)50)8-10-26(28)30/h1-18,36-39H,(H2,34,35,40)(H,45,46,47)(H,48,49,50). The summed E-state index contributed by atoms with van der Waals surface area (Å²) in [5, 5.41) is 25.5. The number of amides is 2. The molecule has 6 aromatic carbocycles. The summed E-state index contributed by atoms with van der Waals surface area (Å²) < 4.78 is 123. The minimum atomic E-state index is -4.62. The molecule has 0 heterocycles. The number of hydrogen-bond donors (Lipinski definition) is 8. The van der Waals surface area contributed by atoms with E-state index in [-0.39, 0.29) is 65.6 Å². The second-order valence-corrected chi connectivity index (χ2v) is 17.7. The van der Waals surface area contributed by atoms with Gasteiger partial charge < -0.3 is 20.8 Å². The van der Waals surface area contributed by atoms with Gasteiger partial charge in [-0.1, -0.05) is 24.3 Å². The summed E-state index contributed by atoms with van der Waals surface area (Å²) in [6.07, 6.45) is 0. The van der Waals surface area contributed by atoms with E-state index in [4.69, 9.17) is 0 Å². The second kappa shape index (κ2) is 13.8. The monoisotopic (exact) mass is 814 g/mol. The fourth-order valence-corrected chi connectivity index (χ4v) is 8.57. The van der Waals surface area contributed by atoms with Crippen molar-refractivity contribution in [2.24, 2.45) is 0 Å². The van der Waals surface area contributed by atoms with Gasteiger partial charge in [-0.3, -0.25) is 18.5 Å². The number of hydrogen-bond acceptors (Lipinski definition) is 11. The van der Waals surface area contributed by atoms with Crippen LogP contribution in [0.25, 0.3) is 21.5 Å². The van der Waals surface area contributed by atoms with Crippen LogP contribution < -0.4 is 20.1 Å². The van der Waals surface area contributed by atoms with Gasteiger partial charge in [0, 0.05) is 32.9 Å². The van der Waals surface area contributed by atoms with Crippen LogP contribution in [0.2, 0.25) is 0 Å². The van der Waals surface area contributed by atoms with Crippen LogP contribution in [0.5, 0.6) is 11.5 Å². The Morgan fingerprint density at radius 3 is 1.20 bits per heavy atom. The van der Waals surface area contributed by atoms with Crippen LogP contribution in [-0.4, -0.2) is 59.0 Å². The van der Waals surface area contributed by atoms with Crippen molar-refractivity contribution < 1.29 is 57.8 Å². The number of phenolic OH excluding ortho intramolecular Hbond substituents is 2. The van der Waals surface area contributed by atoms with E-state index in [2.05, 4.69) is 20.1 Å². The first-order valence-electron chi connectivity index (χ1n) is 15.0. The molecule has 0 aromatic heterocycles. The van der Waals surface area contributed by atoms with Crippen LogP contribution in [-0.2, 0) is 40.3 Å². The van der Waals surface area contributed by atoms with Gasteiger partial charge in [0.15, 0.2) is 0 Å². The fourth-order valence-electron chi connectivity index (χ4n) is 5.31. The predicted octanol–water partition coefficient (Wildman–Crippen LogP) is 5.14. The van der Waals surface area contributed by atoms with Crippen LogP contribution in [0.4, 0.5) is 27.5 Å². The molecule has 0 bridgehead atoms. The quantitative estimate of drug-likeness (QED) is 0.0657. The van der Waals surface area contributed by atoms with Crippen molar-refractivity contribution in [2.75, 3.05) is 20.1 Å². The van der Waals surface area contributed by atoms with E-state index < -0.39 is 56.1 Å². The molecule has 6 rings (SSSR count). The topological polar surface area (TPSA) is 283 Å². The molecule has 0 saturated carbocycles. The molecular formula is C33H26N4O13S4. The Bertz CT molecular complexity index is 2770. The van der Waals surface area contributed by atoms with E-state index in [9.17, 15) is 57.8 Å². The van der Waals surface area contributed by atoms with Crippen molar-refractivity contribution >= 4 is 90.6 Å². The van der Waals surface area contributed by atoms with E-state index >= 15 is 0 Å². The van der Waals surface area contributed by atoms with Gasteiger partial charge in [-0.05, 0) is 84.9 Å². The number of sulfonamides is 2. The fraction of sp³-hybridized carbons (Fsp3) is 0. The largest absolute Gasteiger partial charge is 0.507 e. The highest BCUT2D eigenvalue weighted by Crippen LogP contribution is 2.35. The first-order valence-corrected chi connectivity index (χ1v) is 20.9. The summed E-state index contributed by atoms with van der Waals surface area (Å²) in [4.78, 5) is 11.3. The molecular weight excluding hydrogens is 789 g/mol. The minimum absolute atomic E-state index is 0.0190. The first-order chi connectivity index (χ1) is 25.2. The molecule has 17 nitrogen and oxygen atoms in total. The maximum atomic E-state index is 13.3. The zero-order valence-corrected chi connectivity index (χ0v) is 30.3. The van der Waals surface area contributed by atoms with Crippen LogP contribution >= 0.6 is 0 Å². The van der Waals surface area contributed by atoms with Gasteiger partial charge in [-0.25, -0.2) is 21.6 Å². The number of carbonyl (C=O) groups excluding carboxylic acids is 1. The maximum absolute atomic E-state index is 13.3. The van der Waals surface area contributed by atoms with E-state index in [0.29, 0.717) is 0 Å². The Kier molecular flexibility index (Phi) is 9.64. The molecule has 21 heteroatoms. The van der Waals surface area contributed by atoms with E-state index in [1.165, 1.54) is 60.7 Å². The van der Waals surface area contributed by atoms with Crippen molar-refractivity contribution in [1.82, 2.24) is 0 Å². The van der Waals surface area contributed by atoms with Crippen LogP contribution in [0.1, 0.15) is 0 Å². The van der Waals surface area contributed by atoms with Crippen molar-refractivity contribution in [2.45, 2.75) is 19.6 Å². The van der Waals surface area contributed by atoms with Gasteiger partial charge in [0.2, 0.25) is 0 Å². The first kappa shape index (κ1) is 37.8. The SMILES string of the molecule is O=C(Nc1cccc(S(=O)(=O)Nc2ccc(O)c3cc(S(=O)(=O)O)ccc23)c1)Nc1cccc(S(=O)(=O)Nc2ccc(O)c3cc(S(=O)(=O)O)ccc23)c1. The normalized spacial score (nSPS) is 12.3. The highest BCUT2D eigenvalue weighted by Gasteiger charge is 2.21.